The van der Waals surface area contributed by atoms with Crippen molar-refractivity contribution in [1.82, 2.24) is 5.32 Å². The fourth-order valence-electron chi connectivity index (χ4n) is 1.84. The molecule has 0 aliphatic heterocycles. The third kappa shape index (κ3) is 5.83. The van der Waals surface area contributed by atoms with E-state index in [0.29, 0.717) is 11.1 Å². The Morgan fingerprint density at radius 2 is 2.11 bits per heavy atom. The highest BCUT2D eigenvalue weighted by Gasteiger charge is 2.11. The van der Waals surface area contributed by atoms with Crippen LogP contribution in [-0.4, -0.2) is 24.6 Å². The van der Waals surface area contributed by atoms with E-state index in [9.17, 15) is 0 Å². The van der Waals surface area contributed by atoms with E-state index in [4.69, 9.17) is 23.2 Å². The van der Waals surface area contributed by atoms with E-state index < -0.39 is 0 Å². The lowest BCUT2D eigenvalue weighted by Gasteiger charge is -2.19. The summed E-state index contributed by atoms with van der Waals surface area (Å²) in [5.74, 6) is 1.17. The maximum atomic E-state index is 6.22. The van der Waals surface area contributed by atoms with Gasteiger partial charge in [0.1, 0.15) is 0 Å². The Morgan fingerprint density at radius 3 is 2.72 bits per heavy atom. The molecule has 1 unspecified atom stereocenters. The van der Waals surface area contributed by atoms with E-state index in [-0.39, 0.29) is 0 Å². The summed E-state index contributed by atoms with van der Waals surface area (Å²) in [6.07, 6.45) is 5.44. The molecule has 0 heterocycles. The van der Waals surface area contributed by atoms with Crippen molar-refractivity contribution in [3.63, 3.8) is 0 Å². The molecule has 1 aromatic carbocycles. The summed E-state index contributed by atoms with van der Waals surface area (Å²) in [5.41, 5.74) is 1.18. The maximum Gasteiger partial charge on any atom is 0.0453 e. The molecule has 0 aliphatic rings. The van der Waals surface area contributed by atoms with Crippen molar-refractivity contribution in [3.05, 3.63) is 33.8 Å². The van der Waals surface area contributed by atoms with Crippen molar-refractivity contribution in [2.45, 2.75) is 32.2 Å². The second kappa shape index (κ2) is 9.08. The Hall–Kier alpha value is 0.110. The number of halogens is 2. The first kappa shape index (κ1) is 16.2. The summed E-state index contributed by atoms with van der Waals surface area (Å²) in [6.45, 7) is 3.25. The summed E-state index contributed by atoms with van der Waals surface area (Å²) in [5, 5.41) is 5.06. The number of nitrogens with one attached hydrogen (secondary N) is 1. The van der Waals surface area contributed by atoms with Crippen LogP contribution >= 0.6 is 35.0 Å². The van der Waals surface area contributed by atoms with Crippen LogP contribution < -0.4 is 5.32 Å². The van der Waals surface area contributed by atoms with Gasteiger partial charge in [0.15, 0.2) is 0 Å². The standard InChI is InChI=1S/C14H21Cl2NS/c1-3-7-17-13(6-8-18-2)9-11-4-5-12(15)10-14(11)16/h4-5,10,13,17H,3,6-9H2,1-2H3. The molecule has 1 aromatic rings. The van der Waals surface area contributed by atoms with Gasteiger partial charge in [-0.15, -0.1) is 0 Å². The average molecular weight is 306 g/mol. The molecule has 0 saturated heterocycles. The summed E-state index contributed by atoms with van der Waals surface area (Å²) in [7, 11) is 0. The van der Waals surface area contributed by atoms with E-state index in [2.05, 4.69) is 18.5 Å². The highest BCUT2D eigenvalue weighted by Crippen LogP contribution is 2.22. The van der Waals surface area contributed by atoms with Crippen LogP contribution in [0.1, 0.15) is 25.3 Å². The fraction of sp³-hybridized carbons (Fsp3) is 0.571. The Labute approximate surface area is 125 Å². The van der Waals surface area contributed by atoms with E-state index in [1.807, 2.05) is 30.0 Å². The minimum Gasteiger partial charge on any atom is -0.314 e. The van der Waals surface area contributed by atoms with Crippen molar-refractivity contribution in [1.29, 1.82) is 0 Å². The molecule has 0 bridgehead atoms. The fourth-order valence-corrected chi connectivity index (χ4v) is 2.84. The van der Waals surface area contributed by atoms with E-state index in [0.717, 1.165) is 24.4 Å². The van der Waals surface area contributed by atoms with Crippen molar-refractivity contribution in [2.75, 3.05) is 18.6 Å². The minimum absolute atomic E-state index is 0.496. The smallest absolute Gasteiger partial charge is 0.0453 e. The number of hydrogen-bond donors (Lipinski definition) is 1. The molecule has 0 radical (unpaired) electrons. The number of hydrogen-bond acceptors (Lipinski definition) is 2. The summed E-state index contributed by atoms with van der Waals surface area (Å²) >= 11 is 14.0. The molecule has 4 heteroatoms. The SMILES string of the molecule is CCCNC(CCSC)Cc1ccc(Cl)cc1Cl. The lowest BCUT2D eigenvalue weighted by molar-refractivity contribution is 0.498. The van der Waals surface area contributed by atoms with Gasteiger partial charge in [0, 0.05) is 16.1 Å². The molecule has 18 heavy (non-hydrogen) atoms. The molecule has 1 nitrogen and oxygen atoms in total. The van der Waals surface area contributed by atoms with Gasteiger partial charge in [-0.05, 0) is 55.5 Å². The minimum atomic E-state index is 0.496. The summed E-state index contributed by atoms with van der Waals surface area (Å²) in [4.78, 5) is 0. The second-order valence-electron chi connectivity index (χ2n) is 4.37. The van der Waals surface area contributed by atoms with Gasteiger partial charge < -0.3 is 5.32 Å². The Balaban J connectivity index is 2.62. The van der Waals surface area contributed by atoms with Crippen LogP contribution in [0.4, 0.5) is 0 Å². The molecular weight excluding hydrogens is 285 g/mol. The maximum absolute atomic E-state index is 6.22. The molecule has 0 aliphatic carbocycles. The van der Waals surface area contributed by atoms with Gasteiger partial charge >= 0.3 is 0 Å². The van der Waals surface area contributed by atoms with Gasteiger partial charge in [-0.1, -0.05) is 36.2 Å². The molecule has 1 N–H and O–H groups in total. The van der Waals surface area contributed by atoms with E-state index >= 15 is 0 Å². The number of thioether (sulfide) groups is 1. The van der Waals surface area contributed by atoms with Crippen molar-refractivity contribution < 1.29 is 0 Å². The predicted molar refractivity (Wildman–Crippen MR) is 85.2 cm³/mol. The van der Waals surface area contributed by atoms with E-state index in [1.165, 1.54) is 17.7 Å². The highest BCUT2D eigenvalue weighted by molar-refractivity contribution is 7.98. The molecule has 0 aromatic heterocycles. The third-order valence-electron chi connectivity index (χ3n) is 2.83. The molecule has 0 amide bonds. The Bertz CT molecular complexity index is 350. The first-order valence-electron chi connectivity index (χ1n) is 6.33. The first-order chi connectivity index (χ1) is 8.67. The van der Waals surface area contributed by atoms with Crippen molar-refractivity contribution in [2.24, 2.45) is 0 Å². The van der Waals surface area contributed by atoms with Crippen LogP contribution in [0.2, 0.25) is 10.0 Å². The molecule has 1 rings (SSSR count). The molecular formula is C14H21Cl2NS. The lowest BCUT2D eigenvalue weighted by atomic mass is 10.0. The van der Waals surface area contributed by atoms with Crippen LogP contribution in [-0.2, 0) is 6.42 Å². The second-order valence-corrected chi connectivity index (χ2v) is 6.20. The van der Waals surface area contributed by atoms with Crippen LogP contribution in [0.3, 0.4) is 0 Å². The normalized spacial score (nSPS) is 12.7. The van der Waals surface area contributed by atoms with Crippen LogP contribution in [0.5, 0.6) is 0 Å². The zero-order valence-corrected chi connectivity index (χ0v) is 13.3. The lowest BCUT2D eigenvalue weighted by Crippen LogP contribution is -2.32. The molecule has 0 fully saturated rings. The van der Waals surface area contributed by atoms with Gasteiger partial charge in [-0.2, -0.15) is 11.8 Å². The third-order valence-corrected chi connectivity index (χ3v) is 4.07. The van der Waals surface area contributed by atoms with E-state index in [1.54, 1.807) is 0 Å². The van der Waals surface area contributed by atoms with Crippen molar-refractivity contribution >= 4 is 35.0 Å². The first-order valence-corrected chi connectivity index (χ1v) is 8.48. The molecule has 102 valence electrons. The highest BCUT2D eigenvalue weighted by atomic mass is 35.5. The van der Waals surface area contributed by atoms with Gasteiger partial charge in [0.25, 0.3) is 0 Å². The monoisotopic (exact) mass is 305 g/mol. The topological polar surface area (TPSA) is 12.0 Å². The largest absolute Gasteiger partial charge is 0.314 e. The average Bonchev–Trinajstić information content (AvgIpc) is 2.35. The Morgan fingerprint density at radius 1 is 1.33 bits per heavy atom. The van der Waals surface area contributed by atoms with Gasteiger partial charge in [0.2, 0.25) is 0 Å². The van der Waals surface area contributed by atoms with Gasteiger partial charge in [-0.25, -0.2) is 0 Å². The number of rotatable bonds is 8. The zero-order chi connectivity index (χ0) is 13.4. The van der Waals surface area contributed by atoms with Gasteiger partial charge in [-0.3, -0.25) is 0 Å². The zero-order valence-electron chi connectivity index (χ0n) is 11.0. The van der Waals surface area contributed by atoms with Gasteiger partial charge in [0.05, 0.1) is 0 Å². The molecule has 0 saturated carbocycles. The Kier molecular flexibility index (Phi) is 8.16. The summed E-state index contributed by atoms with van der Waals surface area (Å²) < 4.78 is 0. The number of benzene rings is 1. The van der Waals surface area contributed by atoms with Crippen LogP contribution in [0.15, 0.2) is 18.2 Å². The predicted octanol–water partition coefficient (Wildman–Crippen LogP) is 4.66. The van der Waals surface area contributed by atoms with Crippen molar-refractivity contribution in [3.8, 4) is 0 Å². The summed E-state index contributed by atoms with van der Waals surface area (Å²) in [6, 6.07) is 6.26. The molecule has 0 spiro atoms. The molecule has 1 atom stereocenters. The quantitative estimate of drug-likeness (QED) is 0.750. The van der Waals surface area contributed by atoms with Crippen LogP contribution in [0, 0.1) is 0 Å². The van der Waals surface area contributed by atoms with Crippen LogP contribution in [0.25, 0.3) is 0 Å².